The maximum atomic E-state index is 11.7. The smallest absolute Gasteiger partial charge is 0.305 e. The molecule has 1 aliphatic rings. The third-order valence-electron chi connectivity index (χ3n) is 3.15. The Morgan fingerprint density at radius 1 is 1.46 bits per heavy atom. The van der Waals surface area contributed by atoms with Gasteiger partial charge in [-0.05, 0) is 44.8 Å². The van der Waals surface area contributed by atoms with Gasteiger partial charge in [0.2, 0.25) is 5.91 Å². The standard InChI is InChI=1S/C15H15Br2N3O5S/c1-3-25-13-8(24-2)4-7(11(16)12(13)17)6-18-20-15-19-14(23)9(26-15)5-10(21)22/h4,6,9H,3,5H2,1-2H3,(H,21,22)(H,19,20,23). The number of carbonyl (C=O) groups excluding carboxylic acids is 1. The number of hydrogen-bond acceptors (Lipinski definition) is 7. The molecule has 11 heteroatoms. The van der Waals surface area contributed by atoms with Gasteiger partial charge in [0, 0.05) is 10.0 Å². The second kappa shape index (κ2) is 9.38. The number of methoxy groups -OCH3 is 1. The van der Waals surface area contributed by atoms with Crippen molar-refractivity contribution in [1.29, 1.82) is 0 Å². The maximum Gasteiger partial charge on any atom is 0.305 e. The Bertz CT molecular complexity index is 785. The molecule has 0 radical (unpaired) electrons. The van der Waals surface area contributed by atoms with Crippen LogP contribution in [-0.4, -0.2) is 47.3 Å². The number of amides is 1. The Kier molecular flexibility index (Phi) is 7.47. The summed E-state index contributed by atoms with van der Waals surface area (Å²) in [6.07, 6.45) is 1.21. The molecule has 0 saturated carbocycles. The highest BCUT2D eigenvalue weighted by Gasteiger charge is 2.32. The number of thioether (sulfide) groups is 1. The van der Waals surface area contributed by atoms with Crippen LogP contribution < -0.4 is 14.8 Å². The first kappa shape index (κ1) is 20.7. The lowest BCUT2D eigenvalue weighted by Crippen LogP contribution is -2.26. The van der Waals surface area contributed by atoms with Gasteiger partial charge in [0.25, 0.3) is 0 Å². The molecule has 1 amide bonds. The number of benzene rings is 1. The molecule has 1 aromatic carbocycles. The summed E-state index contributed by atoms with van der Waals surface area (Å²) < 4.78 is 12.3. The maximum absolute atomic E-state index is 11.7. The SMILES string of the molecule is CCOc1c(OC)cc(C=NN=C2NC(=O)C(CC(=O)O)S2)c(Br)c1Br. The number of rotatable bonds is 7. The van der Waals surface area contributed by atoms with E-state index in [1.165, 1.54) is 13.3 Å². The summed E-state index contributed by atoms with van der Waals surface area (Å²) in [6, 6.07) is 1.73. The minimum atomic E-state index is -1.04. The molecule has 140 valence electrons. The lowest BCUT2D eigenvalue weighted by Gasteiger charge is -2.13. The van der Waals surface area contributed by atoms with Crippen molar-refractivity contribution in [2.75, 3.05) is 13.7 Å². The van der Waals surface area contributed by atoms with Gasteiger partial charge in [-0.25, -0.2) is 0 Å². The van der Waals surface area contributed by atoms with Gasteiger partial charge in [-0.2, -0.15) is 5.10 Å². The average Bonchev–Trinajstić information content (AvgIpc) is 2.93. The summed E-state index contributed by atoms with van der Waals surface area (Å²) in [5.41, 5.74) is 0.679. The fraction of sp³-hybridized carbons (Fsp3) is 0.333. The Morgan fingerprint density at radius 3 is 2.81 bits per heavy atom. The first-order valence-corrected chi connectivity index (χ1v) is 9.83. The van der Waals surface area contributed by atoms with Crippen LogP contribution in [0.25, 0.3) is 0 Å². The van der Waals surface area contributed by atoms with E-state index in [9.17, 15) is 9.59 Å². The van der Waals surface area contributed by atoms with Crippen molar-refractivity contribution in [3.05, 3.63) is 20.6 Å². The van der Waals surface area contributed by atoms with Crippen molar-refractivity contribution >= 4 is 66.9 Å². The molecule has 8 nitrogen and oxygen atoms in total. The zero-order chi connectivity index (χ0) is 19.3. The molecule has 0 aliphatic carbocycles. The van der Waals surface area contributed by atoms with Crippen molar-refractivity contribution in [1.82, 2.24) is 5.32 Å². The number of nitrogens with zero attached hydrogens (tertiary/aromatic N) is 2. The number of hydrogen-bond donors (Lipinski definition) is 2. The van der Waals surface area contributed by atoms with E-state index in [1.54, 1.807) is 6.07 Å². The molecule has 0 bridgehead atoms. The number of carboxylic acid groups (broad SMARTS) is 1. The molecule has 1 unspecified atom stereocenters. The highest BCUT2D eigenvalue weighted by Crippen LogP contribution is 2.42. The van der Waals surface area contributed by atoms with Crippen LogP contribution in [0.4, 0.5) is 0 Å². The first-order chi connectivity index (χ1) is 12.4. The van der Waals surface area contributed by atoms with E-state index in [2.05, 4.69) is 47.4 Å². The lowest BCUT2D eigenvalue weighted by atomic mass is 10.2. The van der Waals surface area contributed by atoms with E-state index in [-0.39, 0.29) is 11.6 Å². The fourth-order valence-electron chi connectivity index (χ4n) is 2.02. The Labute approximate surface area is 170 Å². The van der Waals surface area contributed by atoms with E-state index in [4.69, 9.17) is 14.6 Å². The zero-order valence-electron chi connectivity index (χ0n) is 13.8. The topological polar surface area (TPSA) is 110 Å². The predicted molar refractivity (Wildman–Crippen MR) is 106 cm³/mol. The van der Waals surface area contributed by atoms with Crippen LogP contribution in [0.5, 0.6) is 11.5 Å². The average molecular weight is 509 g/mol. The first-order valence-electron chi connectivity index (χ1n) is 7.36. The van der Waals surface area contributed by atoms with E-state index in [1.807, 2.05) is 6.92 Å². The van der Waals surface area contributed by atoms with Gasteiger partial charge in [0.05, 0.1) is 30.8 Å². The molecular weight excluding hydrogens is 494 g/mol. The monoisotopic (exact) mass is 507 g/mol. The molecule has 1 heterocycles. The molecule has 26 heavy (non-hydrogen) atoms. The van der Waals surface area contributed by atoms with E-state index >= 15 is 0 Å². The summed E-state index contributed by atoms with van der Waals surface area (Å²) in [6.45, 7) is 2.35. The van der Waals surface area contributed by atoms with Crippen molar-refractivity contribution in [2.24, 2.45) is 10.2 Å². The quantitative estimate of drug-likeness (QED) is 0.432. The molecule has 1 aromatic rings. The van der Waals surface area contributed by atoms with Gasteiger partial charge < -0.3 is 19.9 Å². The summed E-state index contributed by atoms with van der Waals surface area (Å²) >= 11 is 7.95. The molecule has 0 aromatic heterocycles. The lowest BCUT2D eigenvalue weighted by molar-refractivity contribution is -0.138. The number of aliphatic carboxylic acids is 1. The van der Waals surface area contributed by atoms with E-state index in [0.717, 1.165) is 11.8 Å². The predicted octanol–water partition coefficient (Wildman–Crippen LogP) is 3.02. The van der Waals surface area contributed by atoms with Crippen molar-refractivity contribution in [3.8, 4) is 11.5 Å². The Balaban J connectivity index is 2.19. The van der Waals surface area contributed by atoms with E-state index < -0.39 is 17.1 Å². The summed E-state index contributed by atoms with van der Waals surface area (Å²) in [4.78, 5) is 22.4. The van der Waals surface area contributed by atoms with Crippen molar-refractivity contribution in [2.45, 2.75) is 18.6 Å². The van der Waals surface area contributed by atoms with Crippen LogP contribution in [0.2, 0.25) is 0 Å². The second-order valence-electron chi connectivity index (χ2n) is 4.90. The van der Waals surface area contributed by atoms with Gasteiger partial charge in [0.15, 0.2) is 16.7 Å². The van der Waals surface area contributed by atoms with Crippen LogP contribution in [0.1, 0.15) is 18.9 Å². The molecule has 1 aliphatic heterocycles. The fourth-order valence-corrected chi connectivity index (χ4v) is 3.87. The molecule has 2 N–H and O–H groups in total. The van der Waals surface area contributed by atoms with Gasteiger partial charge in [-0.1, -0.05) is 11.8 Å². The molecule has 1 atom stereocenters. The highest BCUT2D eigenvalue weighted by atomic mass is 79.9. The zero-order valence-corrected chi connectivity index (χ0v) is 17.8. The van der Waals surface area contributed by atoms with Crippen LogP contribution in [0.15, 0.2) is 25.2 Å². The number of carbonyl (C=O) groups is 2. The number of ether oxygens (including phenoxy) is 2. The summed E-state index contributed by atoms with van der Waals surface area (Å²) in [5.74, 6) is -0.336. The summed E-state index contributed by atoms with van der Waals surface area (Å²) in [7, 11) is 1.53. The molecule has 1 fully saturated rings. The minimum Gasteiger partial charge on any atom is -0.493 e. The summed E-state index contributed by atoms with van der Waals surface area (Å²) in [5, 5.41) is 18.7. The number of amidine groups is 1. The van der Waals surface area contributed by atoms with Gasteiger partial charge in [-0.3, -0.25) is 9.59 Å². The molecule has 1 saturated heterocycles. The van der Waals surface area contributed by atoms with Gasteiger partial charge >= 0.3 is 5.97 Å². The molecule has 2 rings (SSSR count). The number of halogens is 2. The van der Waals surface area contributed by atoms with Crippen LogP contribution in [0.3, 0.4) is 0 Å². The van der Waals surface area contributed by atoms with E-state index in [0.29, 0.717) is 32.6 Å². The van der Waals surface area contributed by atoms with Crippen LogP contribution in [0, 0.1) is 0 Å². The minimum absolute atomic E-state index is 0.255. The van der Waals surface area contributed by atoms with Crippen LogP contribution >= 0.6 is 43.6 Å². The molecule has 0 spiro atoms. The third kappa shape index (κ3) is 4.98. The largest absolute Gasteiger partial charge is 0.493 e. The Morgan fingerprint density at radius 2 is 2.19 bits per heavy atom. The highest BCUT2D eigenvalue weighted by molar-refractivity contribution is 9.13. The molecular formula is C15H15Br2N3O5S. The third-order valence-corrected chi connectivity index (χ3v) is 6.36. The number of carboxylic acids is 1. The van der Waals surface area contributed by atoms with Crippen molar-refractivity contribution < 1.29 is 24.2 Å². The van der Waals surface area contributed by atoms with Crippen molar-refractivity contribution in [3.63, 3.8) is 0 Å². The number of nitrogens with one attached hydrogen (secondary N) is 1. The van der Waals surface area contributed by atoms with Gasteiger partial charge in [-0.15, -0.1) is 5.10 Å². The van der Waals surface area contributed by atoms with Gasteiger partial charge in [0.1, 0.15) is 5.25 Å². The normalized spacial score (nSPS) is 18.4. The second-order valence-corrected chi connectivity index (χ2v) is 7.68. The Hall–Kier alpha value is -1.59. The van der Waals surface area contributed by atoms with Crippen LogP contribution in [-0.2, 0) is 9.59 Å².